The van der Waals surface area contributed by atoms with Gasteiger partial charge in [0.25, 0.3) is 0 Å². The highest BCUT2D eigenvalue weighted by Gasteiger charge is 2.22. The van der Waals surface area contributed by atoms with Crippen LogP contribution in [0.15, 0.2) is 108 Å². The first-order valence-electron chi connectivity index (χ1n) is 12.8. The van der Waals surface area contributed by atoms with Gasteiger partial charge >= 0.3 is 0 Å². The predicted octanol–water partition coefficient (Wildman–Crippen LogP) is 7.98. The second-order valence-electron chi connectivity index (χ2n) is 9.64. The summed E-state index contributed by atoms with van der Waals surface area (Å²) in [5.74, 6) is 0.0932. The molecular formula is C34H33NO. The van der Waals surface area contributed by atoms with Crippen molar-refractivity contribution < 1.29 is 4.79 Å². The highest BCUT2D eigenvalue weighted by molar-refractivity contribution is 6.02. The van der Waals surface area contributed by atoms with Crippen molar-refractivity contribution in [2.45, 2.75) is 46.0 Å². The maximum atomic E-state index is 13.7. The molecule has 36 heavy (non-hydrogen) atoms. The van der Waals surface area contributed by atoms with Crippen LogP contribution in [0.5, 0.6) is 0 Å². The lowest BCUT2D eigenvalue weighted by Crippen LogP contribution is -2.17. The molecule has 0 saturated heterocycles. The Morgan fingerprint density at radius 2 is 1.67 bits per heavy atom. The fraction of sp³-hybridized carbons (Fsp3) is 0.235. The van der Waals surface area contributed by atoms with Crippen LogP contribution in [0, 0.1) is 24.2 Å². The molecule has 0 N–H and O–H groups in total. The van der Waals surface area contributed by atoms with E-state index in [4.69, 9.17) is 0 Å². The minimum absolute atomic E-state index is 0.105. The zero-order valence-corrected chi connectivity index (χ0v) is 21.2. The topological polar surface area (TPSA) is 40.9 Å². The Balaban J connectivity index is 1.60. The number of rotatable bonds is 9. The van der Waals surface area contributed by atoms with E-state index in [0.29, 0.717) is 12.0 Å². The van der Waals surface area contributed by atoms with E-state index in [0.717, 1.165) is 48.0 Å². The summed E-state index contributed by atoms with van der Waals surface area (Å²) in [6, 6.07) is 28.9. The van der Waals surface area contributed by atoms with Gasteiger partial charge in [-0.2, -0.15) is 5.26 Å². The van der Waals surface area contributed by atoms with Crippen molar-refractivity contribution in [1.82, 2.24) is 0 Å². The summed E-state index contributed by atoms with van der Waals surface area (Å²) < 4.78 is 0. The van der Waals surface area contributed by atoms with Gasteiger partial charge in [0.1, 0.15) is 0 Å². The van der Waals surface area contributed by atoms with Crippen LogP contribution >= 0.6 is 0 Å². The van der Waals surface area contributed by atoms with E-state index in [1.54, 1.807) is 0 Å². The summed E-state index contributed by atoms with van der Waals surface area (Å²) in [6.45, 7) is 4.15. The van der Waals surface area contributed by atoms with Crippen LogP contribution in [0.3, 0.4) is 0 Å². The van der Waals surface area contributed by atoms with Crippen molar-refractivity contribution in [2.75, 3.05) is 0 Å². The quantitative estimate of drug-likeness (QED) is 0.317. The molecule has 3 aromatic carbocycles. The Morgan fingerprint density at radius 1 is 0.917 bits per heavy atom. The molecule has 0 amide bonds. The smallest absolute Gasteiger partial charge is 0.165 e. The second-order valence-corrected chi connectivity index (χ2v) is 9.64. The number of aryl methyl sites for hydroxylation is 2. The number of Topliss-reactive ketones (excluding diaryl/α,β-unsaturated/α-hetero) is 1. The van der Waals surface area contributed by atoms with Gasteiger partial charge < -0.3 is 0 Å². The molecule has 2 heteroatoms. The number of nitrogens with zero attached hydrogens (tertiary/aromatic N) is 1. The fourth-order valence-corrected chi connectivity index (χ4v) is 4.92. The molecule has 0 aromatic heterocycles. The van der Waals surface area contributed by atoms with Crippen molar-refractivity contribution in [3.05, 3.63) is 136 Å². The summed E-state index contributed by atoms with van der Waals surface area (Å²) in [5, 5.41) is 9.66. The van der Waals surface area contributed by atoms with E-state index in [-0.39, 0.29) is 11.7 Å². The van der Waals surface area contributed by atoms with Gasteiger partial charge in [0, 0.05) is 11.5 Å². The molecule has 1 aliphatic carbocycles. The van der Waals surface area contributed by atoms with Gasteiger partial charge in [0.05, 0.1) is 11.6 Å². The van der Waals surface area contributed by atoms with Gasteiger partial charge in [-0.1, -0.05) is 104 Å². The Bertz CT molecular complexity index is 1350. The number of allylic oxidation sites excluding steroid dienone is 6. The van der Waals surface area contributed by atoms with Gasteiger partial charge in [-0.3, -0.25) is 4.79 Å². The number of nitriles is 1. The predicted molar refractivity (Wildman–Crippen MR) is 148 cm³/mol. The average Bonchev–Trinajstić information content (AvgIpc) is 3.11. The molecule has 1 atom stereocenters. The number of benzene rings is 3. The first-order chi connectivity index (χ1) is 17.5. The number of hydrogen-bond acceptors (Lipinski definition) is 2. The largest absolute Gasteiger partial charge is 0.294 e. The molecule has 3 aromatic rings. The Morgan fingerprint density at radius 3 is 2.44 bits per heavy atom. The van der Waals surface area contributed by atoms with Crippen molar-refractivity contribution in [1.29, 1.82) is 5.26 Å². The average molecular weight is 472 g/mol. The zero-order valence-electron chi connectivity index (χ0n) is 21.2. The molecule has 0 aliphatic heterocycles. The maximum Gasteiger partial charge on any atom is 0.165 e. The van der Waals surface area contributed by atoms with Crippen LogP contribution in [0.1, 0.15) is 54.0 Å². The monoisotopic (exact) mass is 471 g/mol. The van der Waals surface area contributed by atoms with Crippen molar-refractivity contribution in [2.24, 2.45) is 5.92 Å². The Kier molecular flexibility index (Phi) is 8.48. The maximum absolute atomic E-state index is 13.7. The molecule has 0 bridgehead atoms. The summed E-state index contributed by atoms with van der Waals surface area (Å²) in [6.07, 6.45) is 10.5. The Labute approximate surface area is 215 Å². The first-order valence-corrected chi connectivity index (χ1v) is 12.8. The highest BCUT2D eigenvalue weighted by Crippen LogP contribution is 2.31. The molecule has 180 valence electrons. The van der Waals surface area contributed by atoms with E-state index in [9.17, 15) is 10.1 Å². The molecule has 0 radical (unpaired) electrons. The van der Waals surface area contributed by atoms with Crippen molar-refractivity contribution >= 4 is 11.4 Å². The zero-order chi connectivity index (χ0) is 25.3. The number of hydrogen-bond donors (Lipinski definition) is 0. The van der Waals surface area contributed by atoms with E-state index in [2.05, 4.69) is 67.6 Å². The second kappa shape index (κ2) is 12.1. The first kappa shape index (κ1) is 25.1. The lowest BCUT2D eigenvalue weighted by molar-refractivity contribution is -0.118. The third kappa shape index (κ3) is 6.37. The number of carbonyl (C=O) groups excluding carboxylic acids is 1. The van der Waals surface area contributed by atoms with Crippen molar-refractivity contribution in [3.8, 4) is 6.07 Å². The molecule has 0 spiro atoms. The third-order valence-corrected chi connectivity index (χ3v) is 6.79. The van der Waals surface area contributed by atoms with E-state index >= 15 is 0 Å². The summed E-state index contributed by atoms with van der Waals surface area (Å²) >= 11 is 0. The van der Waals surface area contributed by atoms with Crippen LogP contribution < -0.4 is 0 Å². The molecule has 0 fully saturated rings. The molecule has 0 unspecified atom stereocenters. The van der Waals surface area contributed by atoms with Crippen LogP contribution in [0.4, 0.5) is 0 Å². The van der Waals surface area contributed by atoms with Crippen LogP contribution in [0.25, 0.3) is 5.57 Å². The third-order valence-electron chi connectivity index (χ3n) is 6.79. The number of ketones is 1. The minimum atomic E-state index is -0.105. The molecule has 0 heterocycles. The van der Waals surface area contributed by atoms with Gasteiger partial charge in [-0.05, 0) is 72.9 Å². The summed E-state index contributed by atoms with van der Waals surface area (Å²) in [7, 11) is 0. The Hall–Kier alpha value is -3.96. The van der Waals surface area contributed by atoms with Gasteiger partial charge in [-0.25, -0.2) is 0 Å². The molecule has 1 aliphatic rings. The van der Waals surface area contributed by atoms with Gasteiger partial charge in [0.15, 0.2) is 5.78 Å². The lowest BCUT2D eigenvalue weighted by Gasteiger charge is -2.17. The summed E-state index contributed by atoms with van der Waals surface area (Å²) in [5.41, 5.74) is 8.29. The van der Waals surface area contributed by atoms with Crippen LogP contribution in [0.2, 0.25) is 0 Å². The van der Waals surface area contributed by atoms with Gasteiger partial charge in [-0.15, -0.1) is 0 Å². The van der Waals surface area contributed by atoms with Crippen molar-refractivity contribution in [3.63, 3.8) is 0 Å². The van der Waals surface area contributed by atoms with E-state index in [1.807, 2.05) is 49.4 Å². The van der Waals surface area contributed by atoms with E-state index in [1.165, 1.54) is 16.7 Å². The van der Waals surface area contributed by atoms with E-state index < -0.39 is 0 Å². The fourth-order valence-electron chi connectivity index (χ4n) is 4.92. The van der Waals surface area contributed by atoms with Crippen LogP contribution in [-0.4, -0.2) is 5.78 Å². The van der Waals surface area contributed by atoms with Gasteiger partial charge in [0.2, 0.25) is 0 Å². The highest BCUT2D eigenvalue weighted by atomic mass is 16.1. The van der Waals surface area contributed by atoms with Crippen LogP contribution in [-0.2, 0) is 17.6 Å². The lowest BCUT2D eigenvalue weighted by atomic mass is 9.86. The number of carbonyl (C=O) groups is 1. The SMILES string of the molecule is Cc1cccc(CCCC2=CC(c3ccccc3C#N)=CCC=C2C(=O)[C@@H](C)Cc2ccccc2)c1. The molecule has 2 nitrogen and oxygen atoms in total. The molecule has 4 rings (SSSR count). The minimum Gasteiger partial charge on any atom is -0.294 e. The standard InChI is InChI=1S/C34H33NO/c1-25-11-8-14-27(21-25)15-9-17-30-23-29(32-19-7-6-16-31(32)24-35)18-10-20-33(30)34(36)26(2)22-28-12-4-3-5-13-28/h3-8,11-14,16,18-21,23,26H,9-10,15,17,22H2,1-2H3/t26-/m0/s1. The molecular weight excluding hydrogens is 438 g/mol. The summed E-state index contributed by atoms with van der Waals surface area (Å²) in [4.78, 5) is 13.7. The normalized spacial score (nSPS) is 14.1. The molecule has 0 saturated carbocycles.